The van der Waals surface area contributed by atoms with Crippen LogP contribution < -0.4 is 10.9 Å². The molecule has 0 aliphatic rings. The molecule has 2 heterocycles. The van der Waals surface area contributed by atoms with E-state index in [4.69, 9.17) is 4.42 Å². The number of furan rings is 1. The Morgan fingerprint density at radius 1 is 1.35 bits per heavy atom. The van der Waals surface area contributed by atoms with Crippen LogP contribution in [-0.4, -0.2) is 15.5 Å². The van der Waals surface area contributed by atoms with Crippen molar-refractivity contribution >= 4 is 22.7 Å². The molecule has 1 amide bonds. The van der Waals surface area contributed by atoms with E-state index in [0.717, 1.165) is 0 Å². The number of fused-ring (bicyclic) bond motifs is 1. The van der Waals surface area contributed by atoms with E-state index in [0.29, 0.717) is 16.7 Å². The third-order valence-corrected chi connectivity index (χ3v) is 3.62. The Kier molecular flexibility index (Phi) is 3.69. The Morgan fingerprint density at radius 3 is 2.83 bits per heavy atom. The number of hydrogen-bond donors (Lipinski definition) is 1. The van der Waals surface area contributed by atoms with Crippen LogP contribution in [0, 0.1) is 19.7 Å². The average molecular weight is 315 g/mol. The summed E-state index contributed by atoms with van der Waals surface area (Å²) in [6, 6.07) is 5.82. The first-order valence-electron chi connectivity index (χ1n) is 6.97. The molecule has 6 nitrogen and oxygen atoms in total. The van der Waals surface area contributed by atoms with Gasteiger partial charge in [0.05, 0.1) is 5.69 Å². The average Bonchev–Trinajstić information content (AvgIpc) is 2.80. The van der Waals surface area contributed by atoms with Crippen LogP contribution in [0.5, 0.6) is 0 Å². The topological polar surface area (TPSA) is 77.1 Å². The molecule has 0 saturated carbocycles. The Morgan fingerprint density at radius 2 is 2.09 bits per heavy atom. The number of nitrogens with one attached hydrogen (secondary N) is 1. The summed E-state index contributed by atoms with van der Waals surface area (Å²) in [5.41, 5.74) is 0.639. The van der Waals surface area contributed by atoms with Crippen LogP contribution in [0.2, 0.25) is 0 Å². The smallest absolute Gasteiger partial charge is 0.265 e. The van der Waals surface area contributed by atoms with Gasteiger partial charge in [-0.05, 0) is 26.0 Å². The summed E-state index contributed by atoms with van der Waals surface area (Å²) in [7, 11) is 0. The Labute approximate surface area is 130 Å². The van der Waals surface area contributed by atoms with Gasteiger partial charge >= 0.3 is 0 Å². The first kappa shape index (κ1) is 15.0. The number of amides is 1. The lowest BCUT2D eigenvalue weighted by atomic mass is 10.2. The van der Waals surface area contributed by atoms with Gasteiger partial charge in [-0.2, -0.15) is 0 Å². The minimum atomic E-state index is -0.539. The fourth-order valence-corrected chi connectivity index (χ4v) is 2.29. The van der Waals surface area contributed by atoms with E-state index in [1.54, 1.807) is 19.9 Å². The Bertz CT molecular complexity index is 959. The van der Waals surface area contributed by atoms with E-state index in [9.17, 15) is 14.0 Å². The molecule has 118 valence electrons. The second kappa shape index (κ2) is 5.68. The quantitative estimate of drug-likeness (QED) is 0.805. The minimum absolute atomic E-state index is 0.0647. The van der Waals surface area contributed by atoms with Gasteiger partial charge in [-0.25, -0.2) is 9.37 Å². The maximum absolute atomic E-state index is 13.5. The minimum Gasteiger partial charge on any atom is -0.443 e. The van der Waals surface area contributed by atoms with E-state index in [2.05, 4.69) is 10.3 Å². The molecular formula is C16H14FN3O3. The molecule has 3 rings (SSSR count). The standard InChI is InChI=1S/C16H14FN3O3/c1-9-10(2)23-15-14(9)16(22)20(8-18-15)7-13(21)19-12-6-4-3-5-11(12)17/h3-6,8H,7H2,1-2H3,(H,19,21). The molecule has 23 heavy (non-hydrogen) atoms. The summed E-state index contributed by atoms with van der Waals surface area (Å²) in [6.07, 6.45) is 1.24. The van der Waals surface area contributed by atoms with Crippen LogP contribution in [0.1, 0.15) is 11.3 Å². The number of halogens is 1. The number of carbonyl (C=O) groups is 1. The molecule has 0 spiro atoms. The first-order valence-corrected chi connectivity index (χ1v) is 6.97. The van der Waals surface area contributed by atoms with Gasteiger partial charge in [0.1, 0.15) is 29.8 Å². The van der Waals surface area contributed by atoms with Gasteiger partial charge < -0.3 is 9.73 Å². The van der Waals surface area contributed by atoms with Gasteiger partial charge in [-0.1, -0.05) is 12.1 Å². The Hall–Kier alpha value is -2.96. The van der Waals surface area contributed by atoms with Crippen molar-refractivity contribution in [1.82, 2.24) is 9.55 Å². The van der Waals surface area contributed by atoms with Gasteiger partial charge in [0.15, 0.2) is 0 Å². The van der Waals surface area contributed by atoms with E-state index < -0.39 is 11.7 Å². The molecule has 1 aromatic carbocycles. The van der Waals surface area contributed by atoms with Crippen LogP contribution in [0.3, 0.4) is 0 Å². The normalized spacial score (nSPS) is 10.9. The van der Waals surface area contributed by atoms with Crippen LogP contribution in [0.15, 0.2) is 39.8 Å². The van der Waals surface area contributed by atoms with E-state index >= 15 is 0 Å². The second-order valence-electron chi connectivity index (χ2n) is 5.17. The summed E-state index contributed by atoms with van der Waals surface area (Å²) < 4.78 is 20.1. The lowest BCUT2D eigenvalue weighted by Crippen LogP contribution is -2.28. The molecule has 0 radical (unpaired) electrons. The molecule has 0 aliphatic carbocycles. The second-order valence-corrected chi connectivity index (χ2v) is 5.17. The summed E-state index contributed by atoms with van der Waals surface area (Å²) in [4.78, 5) is 28.5. The predicted octanol–water partition coefficient (Wildman–Crippen LogP) is 2.38. The number of aryl methyl sites for hydroxylation is 2. The van der Waals surface area contributed by atoms with Gasteiger partial charge in [0, 0.05) is 5.56 Å². The van der Waals surface area contributed by atoms with Crippen molar-refractivity contribution in [1.29, 1.82) is 0 Å². The Balaban J connectivity index is 1.88. The number of benzene rings is 1. The number of para-hydroxylation sites is 1. The largest absolute Gasteiger partial charge is 0.443 e. The van der Waals surface area contributed by atoms with Crippen molar-refractivity contribution in [2.75, 3.05) is 5.32 Å². The maximum atomic E-state index is 13.5. The molecule has 2 aromatic heterocycles. The molecule has 0 saturated heterocycles. The van der Waals surface area contributed by atoms with Crippen molar-refractivity contribution in [3.63, 3.8) is 0 Å². The van der Waals surface area contributed by atoms with Gasteiger partial charge in [0.2, 0.25) is 11.6 Å². The molecule has 0 fully saturated rings. The molecule has 7 heteroatoms. The number of rotatable bonds is 3. The maximum Gasteiger partial charge on any atom is 0.265 e. The first-order chi connectivity index (χ1) is 11.0. The highest BCUT2D eigenvalue weighted by Gasteiger charge is 2.15. The number of carbonyl (C=O) groups excluding carboxylic acids is 1. The highest BCUT2D eigenvalue weighted by Crippen LogP contribution is 2.19. The molecule has 1 N–H and O–H groups in total. The molecule has 3 aromatic rings. The van der Waals surface area contributed by atoms with Crippen molar-refractivity contribution in [3.05, 3.63) is 58.1 Å². The lowest BCUT2D eigenvalue weighted by molar-refractivity contribution is -0.116. The summed E-state index contributed by atoms with van der Waals surface area (Å²) in [5, 5.41) is 2.78. The fraction of sp³-hybridized carbons (Fsp3) is 0.188. The number of aromatic nitrogens is 2. The van der Waals surface area contributed by atoms with Gasteiger partial charge in [0.25, 0.3) is 5.56 Å². The highest BCUT2D eigenvalue weighted by molar-refractivity contribution is 5.90. The summed E-state index contributed by atoms with van der Waals surface area (Å²) >= 11 is 0. The number of hydrogen-bond acceptors (Lipinski definition) is 4. The fourth-order valence-electron chi connectivity index (χ4n) is 2.29. The monoisotopic (exact) mass is 315 g/mol. The molecule has 0 aliphatic heterocycles. The molecule has 0 bridgehead atoms. The number of nitrogens with zero attached hydrogens (tertiary/aromatic N) is 2. The highest BCUT2D eigenvalue weighted by atomic mass is 19.1. The summed E-state index contributed by atoms with van der Waals surface area (Å²) in [5.74, 6) is -0.447. The predicted molar refractivity (Wildman–Crippen MR) is 82.8 cm³/mol. The third-order valence-electron chi connectivity index (χ3n) is 3.62. The van der Waals surface area contributed by atoms with Crippen molar-refractivity contribution < 1.29 is 13.6 Å². The molecule has 0 unspecified atom stereocenters. The van der Waals surface area contributed by atoms with Crippen molar-refractivity contribution in [3.8, 4) is 0 Å². The van der Waals surface area contributed by atoms with Crippen LogP contribution >= 0.6 is 0 Å². The SMILES string of the molecule is Cc1oc2ncn(CC(=O)Nc3ccccc3F)c(=O)c2c1C. The zero-order valence-corrected chi connectivity index (χ0v) is 12.6. The lowest BCUT2D eigenvalue weighted by Gasteiger charge is -2.07. The van der Waals surface area contributed by atoms with E-state index in [1.807, 2.05) is 0 Å². The van der Waals surface area contributed by atoms with Gasteiger partial charge in [-0.3, -0.25) is 14.2 Å². The molecule has 0 atom stereocenters. The zero-order chi connectivity index (χ0) is 16.6. The zero-order valence-electron chi connectivity index (χ0n) is 12.6. The number of anilines is 1. The van der Waals surface area contributed by atoms with Gasteiger partial charge in [-0.15, -0.1) is 0 Å². The van der Waals surface area contributed by atoms with Crippen LogP contribution in [-0.2, 0) is 11.3 Å². The summed E-state index contributed by atoms with van der Waals surface area (Å²) in [6.45, 7) is 3.24. The van der Waals surface area contributed by atoms with Crippen molar-refractivity contribution in [2.45, 2.75) is 20.4 Å². The van der Waals surface area contributed by atoms with E-state index in [1.165, 1.54) is 29.1 Å². The van der Waals surface area contributed by atoms with Crippen LogP contribution in [0.4, 0.5) is 10.1 Å². The molecular weight excluding hydrogens is 301 g/mol. The third kappa shape index (κ3) is 2.73. The van der Waals surface area contributed by atoms with Crippen molar-refractivity contribution in [2.24, 2.45) is 0 Å². The van der Waals surface area contributed by atoms with E-state index in [-0.39, 0.29) is 23.5 Å². The van der Waals surface area contributed by atoms with Crippen LogP contribution in [0.25, 0.3) is 11.1 Å².